The minimum Gasteiger partial charge on any atom is -0.468 e. The van der Waals surface area contributed by atoms with E-state index < -0.39 is 4.92 Å². The Morgan fingerprint density at radius 2 is 2.28 bits per heavy atom. The lowest BCUT2D eigenvalue weighted by Gasteiger charge is -2.20. The van der Waals surface area contributed by atoms with Crippen LogP contribution in [0.1, 0.15) is 12.5 Å². The van der Waals surface area contributed by atoms with Crippen LogP contribution in [0.5, 0.6) is 0 Å². The molecular weight excluding hydrogens is 238 g/mol. The van der Waals surface area contributed by atoms with Gasteiger partial charge in [-0.05, 0) is 19.9 Å². The van der Waals surface area contributed by atoms with Crippen LogP contribution in [0.15, 0.2) is 12.3 Å². The van der Waals surface area contributed by atoms with E-state index in [-0.39, 0.29) is 18.2 Å². The number of esters is 1. The number of hydrogen-bond donors (Lipinski definition) is 0. The summed E-state index contributed by atoms with van der Waals surface area (Å²) in [5.74, 6) is 0.139. The third-order valence-corrected chi connectivity index (χ3v) is 2.52. The van der Waals surface area contributed by atoms with Crippen LogP contribution >= 0.6 is 0 Å². The molecule has 0 atom stereocenters. The van der Waals surface area contributed by atoms with Crippen molar-refractivity contribution in [3.8, 4) is 0 Å². The van der Waals surface area contributed by atoms with Crippen molar-refractivity contribution in [3.63, 3.8) is 0 Å². The number of pyridine rings is 1. The minimum absolute atomic E-state index is 0.0344. The number of carbonyl (C=O) groups excluding carboxylic acids is 1. The third kappa shape index (κ3) is 3.16. The molecule has 1 rings (SSSR count). The van der Waals surface area contributed by atoms with Gasteiger partial charge in [0.1, 0.15) is 18.6 Å². The van der Waals surface area contributed by atoms with Gasteiger partial charge >= 0.3 is 5.97 Å². The summed E-state index contributed by atoms with van der Waals surface area (Å²) >= 11 is 0. The van der Waals surface area contributed by atoms with E-state index in [1.165, 1.54) is 13.3 Å². The maximum absolute atomic E-state index is 11.2. The molecule has 0 aromatic carbocycles. The molecule has 0 radical (unpaired) electrons. The van der Waals surface area contributed by atoms with Crippen LogP contribution in [0.2, 0.25) is 0 Å². The van der Waals surface area contributed by atoms with Gasteiger partial charge in [0, 0.05) is 12.1 Å². The van der Waals surface area contributed by atoms with E-state index in [4.69, 9.17) is 0 Å². The lowest BCUT2D eigenvalue weighted by molar-refractivity contribution is -0.385. The maximum atomic E-state index is 11.2. The predicted octanol–water partition coefficient (Wildman–Crippen LogP) is 1.30. The molecule has 0 N–H and O–H groups in total. The van der Waals surface area contributed by atoms with Gasteiger partial charge < -0.3 is 9.64 Å². The Bertz CT molecular complexity index is 462. The van der Waals surface area contributed by atoms with Crippen molar-refractivity contribution in [3.05, 3.63) is 27.9 Å². The molecule has 0 unspecified atom stereocenters. The molecule has 1 aromatic rings. The number of nitrogens with zero attached hydrogens (tertiary/aromatic N) is 3. The van der Waals surface area contributed by atoms with Crippen molar-refractivity contribution >= 4 is 17.5 Å². The molecule has 0 aliphatic heterocycles. The molecule has 0 aliphatic rings. The van der Waals surface area contributed by atoms with E-state index in [9.17, 15) is 14.9 Å². The maximum Gasteiger partial charge on any atom is 0.325 e. The average molecular weight is 253 g/mol. The number of methoxy groups -OCH3 is 1. The smallest absolute Gasteiger partial charge is 0.325 e. The summed E-state index contributed by atoms with van der Waals surface area (Å²) in [6.45, 7) is 4.12. The number of likely N-dealkylation sites (N-methyl/N-ethyl adjacent to an activating group) is 1. The summed E-state index contributed by atoms with van der Waals surface area (Å²) in [5, 5.41) is 10.7. The molecular formula is C11H15N3O4. The van der Waals surface area contributed by atoms with E-state index in [1.807, 2.05) is 6.92 Å². The number of carbonyl (C=O) groups is 1. The van der Waals surface area contributed by atoms with Gasteiger partial charge in [-0.1, -0.05) is 0 Å². The molecule has 1 aromatic heterocycles. The zero-order valence-electron chi connectivity index (χ0n) is 10.5. The molecule has 1 heterocycles. The molecule has 0 saturated carbocycles. The molecule has 0 spiro atoms. The van der Waals surface area contributed by atoms with Gasteiger partial charge in [0.2, 0.25) is 0 Å². The first kappa shape index (κ1) is 13.9. The second-order valence-corrected chi connectivity index (χ2v) is 3.68. The topological polar surface area (TPSA) is 85.6 Å². The number of aryl methyl sites for hydroxylation is 1. The van der Waals surface area contributed by atoms with Gasteiger partial charge in [-0.15, -0.1) is 0 Å². The van der Waals surface area contributed by atoms with Crippen LogP contribution in [0, 0.1) is 17.0 Å². The zero-order chi connectivity index (χ0) is 13.7. The number of aromatic nitrogens is 1. The van der Waals surface area contributed by atoms with Crippen LogP contribution in [-0.4, -0.2) is 36.1 Å². The van der Waals surface area contributed by atoms with Crippen molar-refractivity contribution in [2.45, 2.75) is 13.8 Å². The van der Waals surface area contributed by atoms with E-state index >= 15 is 0 Å². The van der Waals surface area contributed by atoms with Crippen LogP contribution in [0.3, 0.4) is 0 Å². The van der Waals surface area contributed by atoms with Crippen molar-refractivity contribution in [2.75, 3.05) is 25.1 Å². The molecule has 0 fully saturated rings. The molecule has 7 heteroatoms. The Hall–Kier alpha value is -2.18. The normalized spacial score (nSPS) is 9.94. The number of ether oxygens (including phenoxy) is 1. The van der Waals surface area contributed by atoms with E-state index in [1.54, 1.807) is 17.9 Å². The van der Waals surface area contributed by atoms with Crippen molar-refractivity contribution in [2.24, 2.45) is 0 Å². The van der Waals surface area contributed by atoms with E-state index in [2.05, 4.69) is 9.72 Å². The van der Waals surface area contributed by atoms with E-state index in [0.29, 0.717) is 17.9 Å². The van der Waals surface area contributed by atoms with Gasteiger partial charge in [-0.25, -0.2) is 4.98 Å². The van der Waals surface area contributed by atoms with Crippen LogP contribution in [0.25, 0.3) is 0 Å². The lowest BCUT2D eigenvalue weighted by Crippen LogP contribution is -2.31. The average Bonchev–Trinajstić information content (AvgIpc) is 2.34. The largest absolute Gasteiger partial charge is 0.468 e. The number of rotatable bonds is 5. The highest BCUT2D eigenvalue weighted by molar-refractivity contribution is 5.75. The van der Waals surface area contributed by atoms with E-state index in [0.717, 1.165) is 0 Å². The first-order valence-electron chi connectivity index (χ1n) is 5.42. The van der Waals surface area contributed by atoms with Crippen molar-refractivity contribution < 1.29 is 14.5 Å². The first-order chi connectivity index (χ1) is 8.49. The summed E-state index contributed by atoms with van der Waals surface area (Å²) in [7, 11) is 1.31. The molecule has 0 aliphatic carbocycles. The van der Waals surface area contributed by atoms with Crippen molar-refractivity contribution in [1.29, 1.82) is 0 Å². The summed E-state index contributed by atoms with van der Waals surface area (Å²) in [6.07, 6.45) is 1.20. The Morgan fingerprint density at radius 3 is 2.72 bits per heavy atom. The minimum atomic E-state index is -0.483. The molecule has 0 bridgehead atoms. The number of nitro groups is 1. The fourth-order valence-corrected chi connectivity index (χ4v) is 1.47. The number of anilines is 1. The van der Waals surface area contributed by atoms with Gasteiger partial charge in [0.25, 0.3) is 5.69 Å². The zero-order valence-corrected chi connectivity index (χ0v) is 10.5. The summed E-state index contributed by atoms with van der Waals surface area (Å²) in [5.41, 5.74) is 0.473. The monoisotopic (exact) mass is 253 g/mol. The second kappa shape index (κ2) is 5.95. The molecule has 7 nitrogen and oxygen atoms in total. The molecule has 18 heavy (non-hydrogen) atoms. The highest BCUT2D eigenvalue weighted by Crippen LogP contribution is 2.21. The van der Waals surface area contributed by atoms with Crippen LogP contribution in [-0.2, 0) is 9.53 Å². The third-order valence-electron chi connectivity index (χ3n) is 2.52. The Morgan fingerprint density at radius 1 is 1.61 bits per heavy atom. The second-order valence-electron chi connectivity index (χ2n) is 3.68. The summed E-state index contributed by atoms with van der Waals surface area (Å²) in [6, 6.07) is 1.59. The standard InChI is InChI=1S/C11H15N3O4/c1-4-13(7-11(15)18-3)10-5-8(2)9(6-12-10)14(16)17/h5-6H,4,7H2,1-3H3. The Labute approximate surface area is 105 Å². The van der Waals surface area contributed by atoms with Crippen LogP contribution in [0.4, 0.5) is 11.5 Å². The van der Waals surface area contributed by atoms with Crippen LogP contribution < -0.4 is 4.90 Å². The lowest BCUT2D eigenvalue weighted by atomic mass is 10.2. The highest BCUT2D eigenvalue weighted by Gasteiger charge is 2.16. The van der Waals surface area contributed by atoms with Gasteiger partial charge in [-0.2, -0.15) is 0 Å². The van der Waals surface area contributed by atoms with Gasteiger partial charge in [0.15, 0.2) is 0 Å². The highest BCUT2D eigenvalue weighted by atomic mass is 16.6. The summed E-state index contributed by atoms with van der Waals surface area (Å²) in [4.78, 5) is 27.1. The molecule has 98 valence electrons. The Balaban J connectivity index is 2.97. The Kier molecular flexibility index (Phi) is 4.59. The fraction of sp³-hybridized carbons (Fsp3) is 0.455. The van der Waals surface area contributed by atoms with Gasteiger partial charge in [-0.3, -0.25) is 14.9 Å². The van der Waals surface area contributed by atoms with Gasteiger partial charge in [0.05, 0.1) is 12.0 Å². The predicted molar refractivity (Wildman–Crippen MR) is 65.5 cm³/mol. The number of hydrogen-bond acceptors (Lipinski definition) is 6. The molecule has 0 amide bonds. The van der Waals surface area contributed by atoms with Crippen molar-refractivity contribution in [1.82, 2.24) is 4.98 Å². The first-order valence-corrected chi connectivity index (χ1v) is 5.42. The summed E-state index contributed by atoms with van der Waals surface area (Å²) < 4.78 is 4.58. The molecule has 0 saturated heterocycles. The quantitative estimate of drug-likeness (QED) is 0.446. The fourth-order valence-electron chi connectivity index (χ4n) is 1.47. The SMILES string of the molecule is CCN(CC(=O)OC)c1cc(C)c([N+](=O)[O-])cn1.